The molecule has 4 amide bonds. The fourth-order valence-electron chi connectivity index (χ4n) is 2.63. The molecule has 2 rings (SSSR count). The van der Waals surface area contributed by atoms with Crippen molar-refractivity contribution in [2.75, 3.05) is 13.1 Å². The number of imide groups is 2. The molecule has 0 bridgehead atoms. The third-order valence-corrected chi connectivity index (χ3v) is 3.82. The van der Waals surface area contributed by atoms with Gasteiger partial charge in [-0.25, -0.2) is 0 Å². The highest BCUT2D eigenvalue weighted by Crippen LogP contribution is 2.15. The zero-order chi connectivity index (χ0) is 14.5. The molecule has 0 radical (unpaired) electrons. The minimum absolute atomic E-state index is 0.283. The van der Waals surface area contributed by atoms with Gasteiger partial charge in [-0.2, -0.15) is 0 Å². The van der Waals surface area contributed by atoms with Crippen LogP contribution in [0, 0.1) is 0 Å². The van der Waals surface area contributed by atoms with Crippen molar-refractivity contribution in [3.8, 4) is 0 Å². The van der Waals surface area contributed by atoms with E-state index < -0.39 is 11.8 Å². The topological polar surface area (TPSA) is 74.8 Å². The second-order valence-electron chi connectivity index (χ2n) is 5.32. The van der Waals surface area contributed by atoms with Crippen molar-refractivity contribution in [1.82, 2.24) is 9.80 Å². The third-order valence-electron chi connectivity index (χ3n) is 3.82. The molecule has 20 heavy (non-hydrogen) atoms. The van der Waals surface area contributed by atoms with Crippen LogP contribution in [-0.2, 0) is 19.2 Å². The third kappa shape index (κ3) is 3.23. The lowest BCUT2D eigenvalue weighted by Crippen LogP contribution is -2.49. The number of rotatable bonds is 0. The molecule has 0 saturated carbocycles. The molecule has 0 N–H and O–H groups in total. The normalized spacial score (nSPS) is 21.4. The Kier molecular flexibility index (Phi) is 4.87. The first kappa shape index (κ1) is 14.7. The Morgan fingerprint density at radius 2 is 1.05 bits per heavy atom. The van der Waals surface area contributed by atoms with Crippen molar-refractivity contribution in [2.24, 2.45) is 0 Å². The molecule has 0 atom stereocenters. The lowest BCUT2D eigenvalue weighted by molar-refractivity contribution is -0.160. The van der Waals surface area contributed by atoms with Crippen molar-refractivity contribution in [3.63, 3.8) is 0 Å². The van der Waals surface area contributed by atoms with Gasteiger partial charge in [-0.15, -0.1) is 0 Å². The summed E-state index contributed by atoms with van der Waals surface area (Å²) in [5, 5.41) is 0. The SMILES string of the molecule is O=C1CCCCCN1C(=O)C(=O)N1CCCCCC1=O. The van der Waals surface area contributed by atoms with Gasteiger partial charge in [0.05, 0.1) is 0 Å². The van der Waals surface area contributed by atoms with Gasteiger partial charge in [0.25, 0.3) is 0 Å². The summed E-state index contributed by atoms with van der Waals surface area (Å²) in [5.41, 5.74) is 0. The summed E-state index contributed by atoms with van der Waals surface area (Å²) in [6.07, 6.45) is 5.30. The van der Waals surface area contributed by atoms with Crippen LogP contribution in [-0.4, -0.2) is 46.5 Å². The summed E-state index contributed by atoms with van der Waals surface area (Å²) >= 11 is 0. The first-order chi connectivity index (χ1) is 9.61. The van der Waals surface area contributed by atoms with E-state index in [1.807, 2.05) is 0 Å². The van der Waals surface area contributed by atoms with Crippen LogP contribution >= 0.6 is 0 Å². The van der Waals surface area contributed by atoms with Crippen LogP contribution < -0.4 is 0 Å². The van der Waals surface area contributed by atoms with E-state index in [0.717, 1.165) is 48.3 Å². The molecule has 0 aromatic rings. The van der Waals surface area contributed by atoms with E-state index >= 15 is 0 Å². The highest BCUT2D eigenvalue weighted by atomic mass is 16.2. The Bertz CT molecular complexity index is 393. The van der Waals surface area contributed by atoms with Gasteiger partial charge in [0, 0.05) is 25.9 Å². The van der Waals surface area contributed by atoms with Crippen molar-refractivity contribution in [3.05, 3.63) is 0 Å². The smallest absolute Gasteiger partial charge is 0.274 e. The Morgan fingerprint density at radius 3 is 1.45 bits per heavy atom. The van der Waals surface area contributed by atoms with Crippen LogP contribution in [0.1, 0.15) is 51.4 Å². The van der Waals surface area contributed by atoms with E-state index in [9.17, 15) is 19.2 Å². The minimum Gasteiger partial charge on any atom is -0.274 e. The maximum absolute atomic E-state index is 12.2. The average molecular weight is 280 g/mol. The standard InChI is InChI=1S/C14H20N2O4/c17-11-7-3-1-5-9-15(11)13(19)14(20)16-10-6-2-4-8-12(16)18/h1-10H2. The van der Waals surface area contributed by atoms with Gasteiger partial charge in [0.15, 0.2) is 0 Å². The Labute approximate surface area is 118 Å². The molecule has 6 heteroatoms. The lowest BCUT2D eigenvalue weighted by atomic mass is 10.2. The Morgan fingerprint density at radius 1 is 0.650 bits per heavy atom. The molecular formula is C14H20N2O4. The number of carbonyl (C=O) groups excluding carboxylic acids is 4. The van der Waals surface area contributed by atoms with Crippen molar-refractivity contribution < 1.29 is 19.2 Å². The van der Waals surface area contributed by atoms with E-state index in [0.29, 0.717) is 12.8 Å². The number of carbonyl (C=O) groups is 4. The molecule has 2 aliphatic heterocycles. The fourth-order valence-corrected chi connectivity index (χ4v) is 2.63. The molecule has 2 aliphatic rings. The molecule has 0 aromatic carbocycles. The molecule has 110 valence electrons. The summed E-state index contributed by atoms with van der Waals surface area (Å²) in [6, 6.07) is 0. The van der Waals surface area contributed by atoms with Gasteiger partial charge in [0.2, 0.25) is 11.8 Å². The van der Waals surface area contributed by atoms with Crippen LogP contribution in [0.2, 0.25) is 0 Å². The van der Waals surface area contributed by atoms with E-state index in [4.69, 9.17) is 0 Å². The summed E-state index contributed by atoms with van der Waals surface area (Å²) < 4.78 is 0. The van der Waals surface area contributed by atoms with Crippen LogP contribution in [0.25, 0.3) is 0 Å². The van der Waals surface area contributed by atoms with Gasteiger partial charge in [-0.3, -0.25) is 29.0 Å². The Hall–Kier alpha value is -1.72. The summed E-state index contributed by atoms with van der Waals surface area (Å²) in [7, 11) is 0. The summed E-state index contributed by atoms with van der Waals surface area (Å²) in [4.78, 5) is 50.1. The highest BCUT2D eigenvalue weighted by molar-refractivity contribution is 6.39. The predicted octanol–water partition coefficient (Wildman–Crippen LogP) is 0.845. The molecule has 2 fully saturated rings. The fraction of sp³-hybridized carbons (Fsp3) is 0.714. The first-order valence-corrected chi connectivity index (χ1v) is 7.30. The molecule has 0 unspecified atom stereocenters. The molecule has 0 spiro atoms. The minimum atomic E-state index is -0.841. The number of likely N-dealkylation sites (tertiary alicyclic amines) is 2. The summed E-state index contributed by atoms with van der Waals surface area (Å²) in [6.45, 7) is 0.566. The van der Waals surface area contributed by atoms with Gasteiger partial charge < -0.3 is 0 Å². The molecule has 6 nitrogen and oxygen atoms in total. The quantitative estimate of drug-likeness (QED) is 0.616. The van der Waals surface area contributed by atoms with Crippen molar-refractivity contribution in [2.45, 2.75) is 51.4 Å². The molecule has 0 aromatic heterocycles. The van der Waals surface area contributed by atoms with Gasteiger partial charge >= 0.3 is 11.8 Å². The van der Waals surface area contributed by atoms with Crippen LogP contribution in [0.15, 0.2) is 0 Å². The monoisotopic (exact) mass is 280 g/mol. The number of hydrogen-bond acceptors (Lipinski definition) is 4. The molecule has 2 saturated heterocycles. The Balaban J connectivity index is 2.08. The van der Waals surface area contributed by atoms with Crippen LogP contribution in [0.3, 0.4) is 0 Å². The average Bonchev–Trinajstić information content (AvgIpc) is 2.77. The molecule has 2 heterocycles. The van der Waals surface area contributed by atoms with Crippen LogP contribution in [0.5, 0.6) is 0 Å². The predicted molar refractivity (Wildman–Crippen MR) is 70.4 cm³/mol. The number of nitrogens with zero attached hydrogens (tertiary/aromatic N) is 2. The number of amides is 4. The van der Waals surface area contributed by atoms with E-state index in [-0.39, 0.29) is 24.9 Å². The molecular weight excluding hydrogens is 260 g/mol. The maximum Gasteiger partial charge on any atom is 0.319 e. The van der Waals surface area contributed by atoms with Gasteiger partial charge in [0.1, 0.15) is 0 Å². The van der Waals surface area contributed by atoms with Crippen molar-refractivity contribution >= 4 is 23.6 Å². The molecule has 0 aliphatic carbocycles. The van der Waals surface area contributed by atoms with E-state index in [1.165, 1.54) is 0 Å². The van der Waals surface area contributed by atoms with Gasteiger partial charge in [-0.1, -0.05) is 12.8 Å². The summed E-state index contributed by atoms with van der Waals surface area (Å²) in [5.74, 6) is -2.29. The highest BCUT2D eigenvalue weighted by Gasteiger charge is 2.34. The zero-order valence-electron chi connectivity index (χ0n) is 11.6. The lowest BCUT2D eigenvalue weighted by Gasteiger charge is -2.22. The largest absolute Gasteiger partial charge is 0.319 e. The second-order valence-corrected chi connectivity index (χ2v) is 5.32. The maximum atomic E-state index is 12.2. The second kappa shape index (κ2) is 6.63. The zero-order valence-corrected chi connectivity index (χ0v) is 11.6. The number of hydrogen-bond donors (Lipinski definition) is 0. The van der Waals surface area contributed by atoms with Crippen LogP contribution in [0.4, 0.5) is 0 Å². The van der Waals surface area contributed by atoms with Crippen molar-refractivity contribution in [1.29, 1.82) is 0 Å². The van der Waals surface area contributed by atoms with Gasteiger partial charge in [-0.05, 0) is 25.7 Å². The van der Waals surface area contributed by atoms with E-state index in [2.05, 4.69) is 0 Å². The van der Waals surface area contributed by atoms with E-state index in [1.54, 1.807) is 0 Å². The first-order valence-electron chi connectivity index (χ1n) is 7.30.